The van der Waals surface area contributed by atoms with Gasteiger partial charge in [-0.3, -0.25) is 4.79 Å². The molecular formula is C51H80O4. The maximum Gasteiger partial charge on any atom is 0.306 e. The molecule has 0 radical (unpaired) electrons. The molecule has 0 aliphatic carbocycles. The van der Waals surface area contributed by atoms with Crippen molar-refractivity contribution in [3.63, 3.8) is 0 Å². The van der Waals surface area contributed by atoms with Gasteiger partial charge < -0.3 is 14.6 Å². The van der Waals surface area contributed by atoms with Gasteiger partial charge in [-0.25, -0.2) is 0 Å². The van der Waals surface area contributed by atoms with Crippen molar-refractivity contribution in [3.05, 3.63) is 134 Å². The minimum atomic E-state index is -0.577. The molecule has 0 spiro atoms. The molecule has 1 unspecified atom stereocenters. The van der Waals surface area contributed by atoms with Crippen LogP contribution < -0.4 is 0 Å². The van der Waals surface area contributed by atoms with Gasteiger partial charge in [-0.1, -0.05) is 173 Å². The minimum absolute atomic E-state index is 0.206. The topological polar surface area (TPSA) is 55.8 Å². The van der Waals surface area contributed by atoms with Gasteiger partial charge in [-0.2, -0.15) is 0 Å². The summed E-state index contributed by atoms with van der Waals surface area (Å²) >= 11 is 0. The molecule has 55 heavy (non-hydrogen) atoms. The van der Waals surface area contributed by atoms with E-state index >= 15 is 0 Å². The summed E-state index contributed by atoms with van der Waals surface area (Å²) in [4.78, 5) is 12.2. The van der Waals surface area contributed by atoms with Crippen LogP contribution >= 0.6 is 0 Å². The molecule has 0 aliphatic heterocycles. The van der Waals surface area contributed by atoms with Crippen LogP contribution in [0, 0.1) is 0 Å². The zero-order valence-corrected chi connectivity index (χ0v) is 35.1. The molecule has 4 nitrogen and oxygen atoms in total. The van der Waals surface area contributed by atoms with Gasteiger partial charge in [0.1, 0.15) is 6.10 Å². The van der Waals surface area contributed by atoms with Crippen LogP contribution in [0.5, 0.6) is 0 Å². The number of esters is 1. The summed E-state index contributed by atoms with van der Waals surface area (Å²) in [6.45, 7) is 5.01. The number of ether oxygens (including phenoxy) is 2. The van der Waals surface area contributed by atoms with Crippen LogP contribution in [0.15, 0.2) is 134 Å². The number of carbonyl (C=O) groups is 1. The van der Waals surface area contributed by atoms with Crippen molar-refractivity contribution < 1.29 is 19.4 Å². The maximum atomic E-state index is 12.2. The predicted octanol–water partition coefficient (Wildman–Crippen LogP) is 14.6. The number of allylic oxidation sites excluding steroid dienone is 22. The highest BCUT2D eigenvalue weighted by molar-refractivity contribution is 5.69. The first-order valence-electron chi connectivity index (χ1n) is 21.8. The summed E-state index contributed by atoms with van der Waals surface area (Å²) in [7, 11) is 0. The van der Waals surface area contributed by atoms with Gasteiger partial charge >= 0.3 is 5.97 Å². The quantitative estimate of drug-likeness (QED) is 0.0387. The van der Waals surface area contributed by atoms with E-state index in [1.54, 1.807) is 0 Å². The largest absolute Gasteiger partial charge is 0.457 e. The second-order valence-corrected chi connectivity index (χ2v) is 13.6. The van der Waals surface area contributed by atoms with Crippen molar-refractivity contribution in [2.75, 3.05) is 19.8 Å². The second kappa shape index (κ2) is 46.7. The van der Waals surface area contributed by atoms with Crippen LogP contribution in [0.2, 0.25) is 0 Å². The first-order valence-corrected chi connectivity index (χ1v) is 21.8. The van der Waals surface area contributed by atoms with E-state index in [0.29, 0.717) is 13.0 Å². The van der Waals surface area contributed by atoms with E-state index in [-0.39, 0.29) is 19.2 Å². The van der Waals surface area contributed by atoms with Crippen molar-refractivity contribution >= 4 is 5.97 Å². The van der Waals surface area contributed by atoms with E-state index in [9.17, 15) is 9.90 Å². The molecule has 0 saturated heterocycles. The van der Waals surface area contributed by atoms with Crippen LogP contribution in [0.3, 0.4) is 0 Å². The molecule has 4 heteroatoms. The molecule has 0 amide bonds. The fraction of sp³-hybridized carbons (Fsp3) is 0.549. The normalized spacial score (nSPS) is 13.7. The lowest BCUT2D eigenvalue weighted by Gasteiger charge is -2.15. The van der Waals surface area contributed by atoms with E-state index in [1.807, 2.05) is 0 Å². The van der Waals surface area contributed by atoms with Gasteiger partial charge in [0.05, 0.1) is 13.2 Å². The van der Waals surface area contributed by atoms with Crippen LogP contribution in [0.1, 0.15) is 155 Å². The fourth-order valence-electron chi connectivity index (χ4n) is 5.30. The number of rotatable bonds is 38. The molecule has 0 aromatic rings. The zero-order valence-electron chi connectivity index (χ0n) is 35.1. The molecule has 0 bridgehead atoms. The highest BCUT2D eigenvalue weighted by Crippen LogP contribution is 2.09. The number of hydrogen-bond acceptors (Lipinski definition) is 4. The van der Waals surface area contributed by atoms with E-state index in [2.05, 4.69) is 148 Å². The third kappa shape index (κ3) is 44.8. The Kier molecular flexibility index (Phi) is 43.7. The first kappa shape index (κ1) is 51.5. The Morgan fingerprint density at radius 2 is 0.764 bits per heavy atom. The van der Waals surface area contributed by atoms with Crippen molar-refractivity contribution in [1.82, 2.24) is 0 Å². The van der Waals surface area contributed by atoms with Crippen molar-refractivity contribution in [1.29, 1.82) is 0 Å². The summed E-state index contributed by atoms with van der Waals surface area (Å²) < 4.78 is 11.1. The summed E-state index contributed by atoms with van der Waals surface area (Å²) in [6.07, 6.45) is 70.8. The van der Waals surface area contributed by atoms with Crippen LogP contribution in [-0.2, 0) is 14.3 Å². The Hall–Kier alpha value is -3.47. The summed E-state index contributed by atoms with van der Waals surface area (Å²) in [6, 6.07) is 0. The zero-order chi connectivity index (χ0) is 39.8. The molecule has 0 aliphatic rings. The van der Waals surface area contributed by atoms with Gasteiger partial charge in [-0.15, -0.1) is 0 Å². The van der Waals surface area contributed by atoms with Gasteiger partial charge in [0, 0.05) is 13.0 Å². The lowest BCUT2D eigenvalue weighted by molar-refractivity contribution is -0.154. The third-order valence-corrected chi connectivity index (χ3v) is 8.47. The molecule has 0 aromatic carbocycles. The Labute approximate surface area is 339 Å². The molecule has 0 aromatic heterocycles. The summed E-state index contributed by atoms with van der Waals surface area (Å²) in [5.41, 5.74) is 0. The average molecular weight is 757 g/mol. The van der Waals surface area contributed by atoms with Crippen LogP contribution in [0.25, 0.3) is 0 Å². The summed E-state index contributed by atoms with van der Waals surface area (Å²) in [5, 5.41) is 9.61. The molecule has 1 N–H and O–H groups in total. The number of hydrogen-bond donors (Lipinski definition) is 1. The van der Waals surface area contributed by atoms with Crippen molar-refractivity contribution in [2.24, 2.45) is 0 Å². The Morgan fingerprint density at radius 1 is 0.436 bits per heavy atom. The van der Waals surface area contributed by atoms with Gasteiger partial charge in [-0.05, 0) is 109 Å². The van der Waals surface area contributed by atoms with Crippen molar-refractivity contribution in [2.45, 2.75) is 161 Å². The molecule has 0 heterocycles. The average Bonchev–Trinajstić information content (AvgIpc) is 3.19. The van der Waals surface area contributed by atoms with E-state index in [4.69, 9.17) is 9.47 Å². The van der Waals surface area contributed by atoms with E-state index in [0.717, 1.165) is 109 Å². The van der Waals surface area contributed by atoms with Gasteiger partial charge in [0.2, 0.25) is 0 Å². The molecule has 0 fully saturated rings. The van der Waals surface area contributed by atoms with Gasteiger partial charge in [0.25, 0.3) is 0 Å². The Bertz CT molecular complexity index is 1160. The molecule has 308 valence electrons. The third-order valence-electron chi connectivity index (χ3n) is 8.47. The van der Waals surface area contributed by atoms with Crippen molar-refractivity contribution in [3.8, 4) is 0 Å². The highest BCUT2D eigenvalue weighted by Gasteiger charge is 2.13. The molecular weight excluding hydrogens is 677 g/mol. The first-order chi connectivity index (χ1) is 27.2. The lowest BCUT2D eigenvalue weighted by Crippen LogP contribution is -2.27. The maximum absolute atomic E-state index is 12.2. The van der Waals surface area contributed by atoms with Crippen LogP contribution in [-0.4, -0.2) is 37.0 Å². The lowest BCUT2D eigenvalue weighted by atomic mass is 10.1. The predicted molar refractivity (Wildman–Crippen MR) is 241 cm³/mol. The SMILES string of the molecule is CC/C=C\C/C=C\C/C=C\C/C=C\C/C=C\C/C=C\CCCCC(=O)OC(CO)COCCCCCCCC/C=C\C/C=C\C/C=C\C/C=C\C/C=C\CC. The minimum Gasteiger partial charge on any atom is -0.457 e. The number of unbranched alkanes of at least 4 members (excludes halogenated alkanes) is 8. The molecule has 1 atom stereocenters. The van der Waals surface area contributed by atoms with Gasteiger partial charge in [0.15, 0.2) is 0 Å². The Morgan fingerprint density at radius 3 is 1.15 bits per heavy atom. The van der Waals surface area contributed by atoms with Crippen LogP contribution in [0.4, 0.5) is 0 Å². The second-order valence-electron chi connectivity index (χ2n) is 13.6. The number of aliphatic hydroxyl groups is 1. The standard InChI is InChI=1S/C51H80O4/c1-3-5-7-9-11-13-15-17-19-21-23-25-27-29-31-33-35-37-39-41-43-45-47-54-49-50(48-52)55-51(53)46-44-42-40-38-36-34-32-30-28-26-24-22-20-18-16-14-12-10-8-6-4-2/h5-8,11-14,17-20,23-26,29-32,36,38,50,52H,3-4,9-10,15-16,21-22,27-28,33-35,37,39-49H2,1-2H3/b7-5-,8-6-,13-11-,14-12-,19-17-,20-18-,25-23-,26-24-,31-29-,32-30-,38-36-. The Balaban J connectivity index is 3.63. The smallest absolute Gasteiger partial charge is 0.306 e. The molecule has 0 saturated carbocycles. The number of aliphatic hydroxyl groups excluding tert-OH is 1. The summed E-state index contributed by atoms with van der Waals surface area (Å²) in [5.74, 6) is -0.255. The molecule has 0 rings (SSSR count). The van der Waals surface area contributed by atoms with E-state index in [1.165, 1.54) is 25.7 Å². The number of carbonyl (C=O) groups excluding carboxylic acids is 1. The van der Waals surface area contributed by atoms with E-state index < -0.39 is 6.10 Å². The highest BCUT2D eigenvalue weighted by atomic mass is 16.6. The monoisotopic (exact) mass is 757 g/mol. The fourth-order valence-corrected chi connectivity index (χ4v) is 5.30.